The summed E-state index contributed by atoms with van der Waals surface area (Å²) in [5.74, 6) is 0.669. The molecule has 11 heteroatoms. The van der Waals surface area contributed by atoms with E-state index in [0.29, 0.717) is 50.8 Å². The van der Waals surface area contributed by atoms with Crippen LogP contribution >= 0.6 is 23.2 Å². The first-order valence-corrected chi connectivity index (χ1v) is 13.9. The van der Waals surface area contributed by atoms with Gasteiger partial charge in [0.05, 0.1) is 25.5 Å². The Kier molecular flexibility index (Phi) is 11.2. The Balaban J connectivity index is 1.41. The number of hydrogen-bond acceptors (Lipinski definition) is 8. The van der Waals surface area contributed by atoms with E-state index in [1.165, 1.54) is 13.3 Å². The van der Waals surface area contributed by atoms with E-state index in [4.69, 9.17) is 46.9 Å². The van der Waals surface area contributed by atoms with Crippen LogP contribution in [0.25, 0.3) is 0 Å². The number of methoxy groups -OCH3 is 1. The quantitative estimate of drug-likeness (QED) is 0.0566. The van der Waals surface area contributed by atoms with Crippen LogP contribution < -0.4 is 29.1 Å². The summed E-state index contributed by atoms with van der Waals surface area (Å²) in [5, 5.41) is 5.04. The minimum Gasteiger partial charge on any atom is -0.494 e. The maximum Gasteiger partial charge on any atom is 0.343 e. The van der Waals surface area contributed by atoms with Gasteiger partial charge in [-0.25, -0.2) is 10.2 Å². The molecule has 4 aromatic rings. The fourth-order valence-electron chi connectivity index (χ4n) is 3.54. The predicted octanol–water partition coefficient (Wildman–Crippen LogP) is 6.94. The van der Waals surface area contributed by atoms with Gasteiger partial charge in [-0.3, -0.25) is 4.79 Å². The second-order valence-electron chi connectivity index (χ2n) is 8.88. The van der Waals surface area contributed by atoms with Gasteiger partial charge in [0, 0.05) is 10.0 Å². The highest BCUT2D eigenvalue weighted by molar-refractivity contribution is 6.30. The molecule has 0 unspecified atom stereocenters. The Labute approximate surface area is 258 Å². The van der Waals surface area contributed by atoms with Gasteiger partial charge in [0.15, 0.2) is 11.5 Å². The number of carbonyl (C=O) groups is 2. The SMILES string of the molecule is CCCOc1ccc(C(=O)Oc2ccc(C=NNC(=O)C(Oc3ccc(Cl)cc3)Oc3ccc(Cl)cc3)cc2OC)cc1. The molecule has 9 nitrogen and oxygen atoms in total. The molecule has 0 heterocycles. The molecule has 4 aromatic carbocycles. The zero-order chi connectivity index (χ0) is 30.6. The Morgan fingerprint density at radius 3 is 1.95 bits per heavy atom. The van der Waals surface area contributed by atoms with Gasteiger partial charge in [-0.2, -0.15) is 5.10 Å². The van der Waals surface area contributed by atoms with Crippen molar-refractivity contribution in [3.63, 3.8) is 0 Å². The maximum atomic E-state index is 13.0. The smallest absolute Gasteiger partial charge is 0.343 e. The van der Waals surface area contributed by atoms with Crippen LogP contribution in [0.1, 0.15) is 29.3 Å². The second-order valence-corrected chi connectivity index (χ2v) is 9.76. The van der Waals surface area contributed by atoms with Gasteiger partial charge in [-0.05, 0) is 103 Å². The van der Waals surface area contributed by atoms with Crippen molar-refractivity contribution in [1.82, 2.24) is 5.43 Å². The van der Waals surface area contributed by atoms with E-state index >= 15 is 0 Å². The summed E-state index contributed by atoms with van der Waals surface area (Å²) in [6.45, 7) is 2.61. The number of esters is 1. The van der Waals surface area contributed by atoms with E-state index in [9.17, 15) is 9.59 Å². The molecule has 0 saturated heterocycles. The van der Waals surface area contributed by atoms with Gasteiger partial charge >= 0.3 is 18.2 Å². The molecule has 1 N–H and O–H groups in total. The van der Waals surface area contributed by atoms with Crippen LogP contribution in [0.2, 0.25) is 10.0 Å². The number of hydrazone groups is 1. The highest BCUT2D eigenvalue weighted by Crippen LogP contribution is 2.29. The summed E-state index contributed by atoms with van der Waals surface area (Å²) in [4.78, 5) is 25.6. The molecule has 0 aromatic heterocycles. The molecule has 0 saturated carbocycles. The maximum absolute atomic E-state index is 13.0. The molecule has 0 fully saturated rings. The van der Waals surface area contributed by atoms with Gasteiger partial charge < -0.3 is 23.7 Å². The Bertz CT molecular complexity index is 1500. The average Bonchev–Trinajstić information content (AvgIpc) is 3.02. The summed E-state index contributed by atoms with van der Waals surface area (Å²) in [6.07, 6.45) is 0.889. The molecular weight excluding hydrogens is 595 g/mol. The normalized spacial score (nSPS) is 10.8. The minimum atomic E-state index is -1.39. The van der Waals surface area contributed by atoms with Gasteiger partial charge in [-0.15, -0.1) is 0 Å². The number of amides is 1. The molecule has 0 spiro atoms. The van der Waals surface area contributed by atoms with E-state index in [1.807, 2.05) is 6.92 Å². The summed E-state index contributed by atoms with van der Waals surface area (Å²) >= 11 is 11.9. The Morgan fingerprint density at radius 1 is 0.814 bits per heavy atom. The van der Waals surface area contributed by atoms with Gasteiger partial charge in [0.1, 0.15) is 17.2 Å². The number of rotatable bonds is 13. The lowest BCUT2D eigenvalue weighted by atomic mass is 10.2. The monoisotopic (exact) mass is 622 g/mol. The molecule has 0 atom stereocenters. The number of hydrogen-bond donors (Lipinski definition) is 1. The Hall–Kier alpha value is -4.73. The van der Waals surface area contributed by atoms with Crippen molar-refractivity contribution in [3.05, 3.63) is 112 Å². The van der Waals surface area contributed by atoms with Gasteiger partial charge in [0.25, 0.3) is 0 Å². The number of benzene rings is 4. The molecule has 0 bridgehead atoms. The third kappa shape index (κ3) is 9.39. The first-order valence-electron chi connectivity index (χ1n) is 13.1. The standard InChI is InChI=1S/C32H28Cl2N2O7/c1-3-18-40-25-11-5-22(6-12-25)31(38)43-28-17-4-21(19-29(28)39-2)20-35-36-30(37)32(41-26-13-7-23(33)8-14-26)42-27-15-9-24(34)10-16-27/h4-17,19-20,32H,3,18H2,1-2H3,(H,36,37). The first-order chi connectivity index (χ1) is 20.8. The van der Waals surface area contributed by atoms with E-state index < -0.39 is 18.2 Å². The van der Waals surface area contributed by atoms with Crippen LogP contribution in [0.15, 0.2) is 96.1 Å². The summed E-state index contributed by atoms with van der Waals surface area (Å²) in [6, 6.07) is 24.4. The van der Waals surface area contributed by atoms with Crippen LogP contribution in [0, 0.1) is 0 Å². The lowest BCUT2D eigenvalue weighted by molar-refractivity contribution is -0.140. The number of nitrogens with one attached hydrogen (secondary N) is 1. The average molecular weight is 623 g/mol. The molecule has 222 valence electrons. The van der Waals surface area contributed by atoms with Crippen LogP contribution in [-0.4, -0.2) is 38.1 Å². The molecule has 1 amide bonds. The highest BCUT2D eigenvalue weighted by Gasteiger charge is 2.23. The molecule has 0 aliphatic carbocycles. The topological polar surface area (TPSA) is 105 Å². The predicted molar refractivity (Wildman–Crippen MR) is 164 cm³/mol. The van der Waals surface area contributed by atoms with Crippen LogP contribution in [0.4, 0.5) is 0 Å². The number of carbonyl (C=O) groups excluding carboxylic acids is 2. The Morgan fingerprint density at radius 2 is 1.40 bits per heavy atom. The van der Waals surface area contributed by atoms with Crippen molar-refractivity contribution < 1.29 is 33.3 Å². The largest absolute Gasteiger partial charge is 0.494 e. The van der Waals surface area contributed by atoms with Crippen LogP contribution in [-0.2, 0) is 4.79 Å². The van der Waals surface area contributed by atoms with Crippen molar-refractivity contribution >= 4 is 41.3 Å². The van der Waals surface area contributed by atoms with Crippen LogP contribution in [0.3, 0.4) is 0 Å². The van der Waals surface area contributed by atoms with Crippen molar-refractivity contribution in [2.24, 2.45) is 5.10 Å². The zero-order valence-electron chi connectivity index (χ0n) is 23.3. The highest BCUT2D eigenvalue weighted by atomic mass is 35.5. The third-order valence-electron chi connectivity index (χ3n) is 5.67. The summed E-state index contributed by atoms with van der Waals surface area (Å²) in [5.41, 5.74) is 3.32. The fraction of sp³-hybridized carbons (Fsp3) is 0.156. The molecule has 0 aliphatic rings. The van der Waals surface area contributed by atoms with E-state index in [0.717, 1.165) is 6.42 Å². The third-order valence-corrected chi connectivity index (χ3v) is 6.17. The van der Waals surface area contributed by atoms with E-state index in [-0.39, 0.29) is 5.75 Å². The van der Waals surface area contributed by atoms with Crippen molar-refractivity contribution in [2.75, 3.05) is 13.7 Å². The number of halogens is 2. The fourth-order valence-corrected chi connectivity index (χ4v) is 3.79. The lowest BCUT2D eigenvalue weighted by Crippen LogP contribution is -2.40. The summed E-state index contributed by atoms with van der Waals surface area (Å²) < 4.78 is 28.0. The molecule has 0 aliphatic heterocycles. The minimum absolute atomic E-state index is 0.216. The first kappa shape index (κ1) is 31.2. The lowest BCUT2D eigenvalue weighted by Gasteiger charge is -2.19. The molecule has 43 heavy (non-hydrogen) atoms. The second kappa shape index (κ2) is 15.5. The van der Waals surface area contributed by atoms with Gasteiger partial charge in [-0.1, -0.05) is 30.1 Å². The van der Waals surface area contributed by atoms with Crippen molar-refractivity contribution in [1.29, 1.82) is 0 Å². The van der Waals surface area contributed by atoms with Crippen molar-refractivity contribution in [3.8, 4) is 28.7 Å². The zero-order valence-corrected chi connectivity index (χ0v) is 24.8. The number of nitrogens with zero attached hydrogens (tertiary/aromatic N) is 1. The van der Waals surface area contributed by atoms with E-state index in [1.54, 1.807) is 91.0 Å². The van der Waals surface area contributed by atoms with Crippen molar-refractivity contribution in [2.45, 2.75) is 19.6 Å². The van der Waals surface area contributed by atoms with Gasteiger partial charge in [0.2, 0.25) is 0 Å². The molecular formula is C32H28Cl2N2O7. The number of ether oxygens (including phenoxy) is 5. The summed E-state index contributed by atoms with van der Waals surface area (Å²) in [7, 11) is 1.45. The van der Waals surface area contributed by atoms with Crippen LogP contribution in [0.5, 0.6) is 28.7 Å². The van der Waals surface area contributed by atoms with E-state index in [2.05, 4.69) is 10.5 Å². The molecule has 0 radical (unpaired) electrons. The molecule has 4 rings (SSSR count).